The summed E-state index contributed by atoms with van der Waals surface area (Å²) < 4.78 is 16.3. The van der Waals surface area contributed by atoms with Gasteiger partial charge in [0.05, 0.1) is 0 Å². The lowest BCUT2D eigenvalue weighted by atomic mass is 10.2. The molecule has 0 saturated heterocycles. The summed E-state index contributed by atoms with van der Waals surface area (Å²) in [5, 5.41) is 0. The molecule has 0 aliphatic rings. The Kier molecular flexibility index (Phi) is 5.21. The standard InChI is InChI=1S/C11H14O3S/c1-2-11(12)14-9-15(13)8-10-6-4-3-5-7-10/h3-7H,2,8-9H2,1H3. The van der Waals surface area contributed by atoms with Crippen LogP contribution in [0, 0.1) is 0 Å². The van der Waals surface area contributed by atoms with Crippen LogP contribution < -0.4 is 0 Å². The molecule has 82 valence electrons. The van der Waals surface area contributed by atoms with Crippen LogP contribution in [0.4, 0.5) is 0 Å². The Morgan fingerprint density at radius 2 is 2.07 bits per heavy atom. The third-order valence-corrected chi connectivity index (χ3v) is 2.85. The molecule has 1 aromatic carbocycles. The maximum atomic E-state index is 11.5. The van der Waals surface area contributed by atoms with Gasteiger partial charge in [-0.3, -0.25) is 4.79 Å². The van der Waals surface area contributed by atoms with E-state index >= 15 is 0 Å². The first-order valence-corrected chi connectivity index (χ1v) is 6.25. The highest BCUT2D eigenvalue weighted by Crippen LogP contribution is 2.06. The highest BCUT2D eigenvalue weighted by atomic mass is 32.2. The molecule has 3 nitrogen and oxygen atoms in total. The fourth-order valence-corrected chi connectivity index (χ4v) is 1.95. The fourth-order valence-electron chi connectivity index (χ4n) is 1.04. The molecule has 0 N–H and O–H groups in total. The molecule has 1 unspecified atom stereocenters. The molecule has 0 bridgehead atoms. The molecule has 0 amide bonds. The van der Waals surface area contributed by atoms with Crippen molar-refractivity contribution in [3.63, 3.8) is 0 Å². The van der Waals surface area contributed by atoms with Gasteiger partial charge in [-0.1, -0.05) is 37.3 Å². The Morgan fingerprint density at radius 1 is 1.40 bits per heavy atom. The minimum absolute atomic E-state index is 0.0123. The van der Waals surface area contributed by atoms with Crippen molar-refractivity contribution in [2.45, 2.75) is 19.1 Å². The number of benzene rings is 1. The van der Waals surface area contributed by atoms with Crippen LogP contribution in [0.25, 0.3) is 0 Å². The van der Waals surface area contributed by atoms with Gasteiger partial charge in [0.2, 0.25) is 5.94 Å². The molecule has 0 heterocycles. The predicted octanol–water partition coefficient (Wildman–Crippen LogP) is 1.85. The molecular formula is C11H14O3S. The summed E-state index contributed by atoms with van der Waals surface area (Å²) in [5.41, 5.74) is 0.989. The third-order valence-electron chi connectivity index (χ3n) is 1.81. The van der Waals surface area contributed by atoms with Gasteiger partial charge in [0.25, 0.3) is 0 Å². The van der Waals surface area contributed by atoms with E-state index in [2.05, 4.69) is 0 Å². The lowest BCUT2D eigenvalue weighted by Gasteiger charge is -2.10. The molecule has 1 aromatic rings. The summed E-state index contributed by atoms with van der Waals surface area (Å²) in [6.45, 7) is 1.71. The quantitative estimate of drug-likeness (QED) is 0.568. The number of hydrogen-bond donors (Lipinski definition) is 0. The second-order valence-corrected chi connectivity index (χ2v) is 4.46. The Labute approximate surface area is 92.6 Å². The van der Waals surface area contributed by atoms with Crippen molar-refractivity contribution >= 4 is 17.1 Å². The second kappa shape index (κ2) is 6.48. The number of hydrogen-bond acceptors (Lipinski definition) is 3. The molecule has 0 fully saturated rings. The molecule has 0 aromatic heterocycles. The van der Waals surface area contributed by atoms with Crippen molar-refractivity contribution in [2.75, 3.05) is 5.94 Å². The maximum Gasteiger partial charge on any atom is 0.309 e. The van der Waals surface area contributed by atoms with Gasteiger partial charge in [-0.05, 0) is 11.2 Å². The summed E-state index contributed by atoms with van der Waals surface area (Å²) >= 11 is -1.14. The highest BCUT2D eigenvalue weighted by molar-refractivity contribution is 7.90. The molecule has 4 heteroatoms. The van der Waals surface area contributed by atoms with Gasteiger partial charge in [0, 0.05) is 12.0 Å². The van der Waals surface area contributed by atoms with Crippen molar-refractivity contribution in [1.29, 1.82) is 0 Å². The Morgan fingerprint density at radius 3 is 2.67 bits per heavy atom. The zero-order chi connectivity index (χ0) is 11.1. The van der Waals surface area contributed by atoms with E-state index in [9.17, 15) is 9.35 Å². The van der Waals surface area contributed by atoms with Crippen molar-refractivity contribution < 1.29 is 14.1 Å². The Bertz CT molecular complexity index is 300. The van der Waals surface area contributed by atoms with Gasteiger partial charge in [-0.25, -0.2) is 0 Å². The monoisotopic (exact) mass is 226 g/mol. The van der Waals surface area contributed by atoms with E-state index in [0.717, 1.165) is 5.56 Å². The van der Waals surface area contributed by atoms with Gasteiger partial charge in [-0.15, -0.1) is 0 Å². The molecular weight excluding hydrogens is 212 g/mol. The zero-order valence-electron chi connectivity index (χ0n) is 8.64. The van der Waals surface area contributed by atoms with E-state index < -0.39 is 11.2 Å². The van der Waals surface area contributed by atoms with Crippen LogP contribution in [-0.2, 0) is 26.5 Å². The number of carbonyl (C=O) groups is 1. The average molecular weight is 226 g/mol. The average Bonchev–Trinajstić information content (AvgIpc) is 2.27. The molecule has 0 spiro atoms. The summed E-state index contributed by atoms with van der Waals surface area (Å²) in [5.74, 6) is 0.107. The first-order valence-electron chi connectivity index (χ1n) is 4.77. The van der Waals surface area contributed by atoms with Crippen molar-refractivity contribution in [3.05, 3.63) is 35.9 Å². The van der Waals surface area contributed by atoms with E-state index in [1.54, 1.807) is 6.92 Å². The van der Waals surface area contributed by atoms with Gasteiger partial charge >= 0.3 is 5.97 Å². The van der Waals surface area contributed by atoms with Crippen molar-refractivity contribution in [2.24, 2.45) is 0 Å². The highest BCUT2D eigenvalue weighted by Gasteiger charge is 2.09. The zero-order valence-corrected chi connectivity index (χ0v) is 9.46. The smallest absolute Gasteiger partial charge is 0.309 e. The number of esters is 1. The SMILES string of the molecule is CCC(=O)OC[S+]([O-])Cc1ccccc1. The molecule has 0 radical (unpaired) electrons. The van der Waals surface area contributed by atoms with Gasteiger partial charge in [0.15, 0.2) is 0 Å². The summed E-state index contributed by atoms with van der Waals surface area (Å²) in [4.78, 5) is 10.8. The maximum absolute atomic E-state index is 11.5. The minimum Gasteiger partial charge on any atom is -0.613 e. The van der Waals surface area contributed by atoms with Gasteiger partial charge in [0.1, 0.15) is 5.75 Å². The summed E-state index contributed by atoms with van der Waals surface area (Å²) in [6.07, 6.45) is 0.322. The lowest BCUT2D eigenvalue weighted by Crippen LogP contribution is -2.15. The van der Waals surface area contributed by atoms with E-state index in [-0.39, 0.29) is 11.9 Å². The number of ether oxygens (including phenoxy) is 1. The van der Waals surface area contributed by atoms with E-state index in [1.165, 1.54) is 0 Å². The first kappa shape index (κ1) is 12.1. The van der Waals surface area contributed by atoms with Crippen LogP contribution in [0.1, 0.15) is 18.9 Å². The molecule has 0 aliphatic heterocycles. The Balaban J connectivity index is 2.30. The molecule has 15 heavy (non-hydrogen) atoms. The largest absolute Gasteiger partial charge is 0.613 e. The molecule has 0 saturated carbocycles. The molecule has 1 rings (SSSR count). The molecule has 1 atom stereocenters. The number of carbonyl (C=O) groups excluding carboxylic acids is 1. The van der Waals surface area contributed by atoms with Crippen LogP contribution in [0.2, 0.25) is 0 Å². The predicted molar refractivity (Wildman–Crippen MR) is 59.5 cm³/mol. The summed E-state index contributed by atoms with van der Waals surface area (Å²) in [6, 6.07) is 9.50. The Hall–Kier alpha value is -1.00. The normalized spacial score (nSPS) is 12.1. The second-order valence-electron chi connectivity index (χ2n) is 3.06. The van der Waals surface area contributed by atoms with E-state index in [4.69, 9.17) is 4.74 Å². The fraction of sp³-hybridized carbons (Fsp3) is 0.364. The van der Waals surface area contributed by atoms with Crippen LogP contribution in [-0.4, -0.2) is 16.5 Å². The first-order chi connectivity index (χ1) is 7.22. The van der Waals surface area contributed by atoms with Crippen LogP contribution in [0.3, 0.4) is 0 Å². The third kappa shape index (κ3) is 4.85. The van der Waals surface area contributed by atoms with E-state index in [0.29, 0.717) is 12.2 Å². The van der Waals surface area contributed by atoms with Crippen molar-refractivity contribution in [3.8, 4) is 0 Å². The minimum atomic E-state index is -1.14. The topological polar surface area (TPSA) is 49.4 Å². The van der Waals surface area contributed by atoms with Gasteiger partial charge in [-0.2, -0.15) is 0 Å². The summed E-state index contributed by atoms with van der Waals surface area (Å²) in [7, 11) is 0. The number of rotatable bonds is 5. The molecule has 0 aliphatic carbocycles. The van der Waals surface area contributed by atoms with Crippen LogP contribution in [0.5, 0.6) is 0 Å². The lowest BCUT2D eigenvalue weighted by molar-refractivity contribution is -0.141. The van der Waals surface area contributed by atoms with Crippen molar-refractivity contribution in [1.82, 2.24) is 0 Å². The van der Waals surface area contributed by atoms with E-state index in [1.807, 2.05) is 30.3 Å². The van der Waals surface area contributed by atoms with Crippen LogP contribution >= 0.6 is 0 Å². The van der Waals surface area contributed by atoms with Crippen LogP contribution in [0.15, 0.2) is 30.3 Å². The van der Waals surface area contributed by atoms with Gasteiger partial charge < -0.3 is 9.29 Å².